The first kappa shape index (κ1) is 16.0. The van der Waals surface area contributed by atoms with Gasteiger partial charge < -0.3 is 15.5 Å². The van der Waals surface area contributed by atoms with E-state index in [0.717, 1.165) is 42.1 Å². The zero-order valence-electron chi connectivity index (χ0n) is 13.4. The molecule has 0 amide bonds. The molecular weight excluding hydrogens is 282 g/mol. The maximum atomic E-state index is 4.60. The number of hydrogen-bond donors (Lipinski definition) is 2. The number of rotatable bonds is 8. The van der Waals surface area contributed by atoms with Crippen LogP contribution in [0, 0.1) is 6.92 Å². The molecule has 0 saturated heterocycles. The van der Waals surface area contributed by atoms with Crippen LogP contribution in [0.4, 0.5) is 11.8 Å². The number of fused-ring (bicyclic) bond motifs is 1. The molecule has 0 aliphatic heterocycles. The van der Waals surface area contributed by atoms with Crippen LogP contribution in [0.25, 0.3) is 10.2 Å². The molecule has 2 aromatic rings. The first-order valence-corrected chi connectivity index (χ1v) is 8.32. The minimum Gasteiger partial charge on any atom is -0.369 e. The van der Waals surface area contributed by atoms with Gasteiger partial charge in [-0.05, 0) is 53.4 Å². The van der Waals surface area contributed by atoms with Crippen LogP contribution in [0.15, 0.2) is 6.07 Å². The summed E-state index contributed by atoms with van der Waals surface area (Å²) in [6.45, 7) is 7.07. The van der Waals surface area contributed by atoms with Crippen molar-refractivity contribution in [3.63, 3.8) is 0 Å². The first-order valence-electron chi connectivity index (χ1n) is 7.50. The van der Waals surface area contributed by atoms with Crippen LogP contribution >= 0.6 is 11.3 Å². The van der Waals surface area contributed by atoms with Crippen molar-refractivity contribution < 1.29 is 0 Å². The Bertz CT molecular complexity index is 579. The second kappa shape index (κ2) is 7.56. The van der Waals surface area contributed by atoms with Crippen LogP contribution in [0.1, 0.15) is 24.6 Å². The molecule has 6 heteroatoms. The lowest BCUT2D eigenvalue weighted by Gasteiger charge is -2.11. The van der Waals surface area contributed by atoms with Crippen molar-refractivity contribution in [3.05, 3.63) is 10.9 Å². The monoisotopic (exact) mass is 307 g/mol. The highest BCUT2D eigenvalue weighted by molar-refractivity contribution is 7.18. The Morgan fingerprint density at radius 1 is 1.19 bits per heavy atom. The zero-order valence-corrected chi connectivity index (χ0v) is 14.2. The smallest absolute Gasteiger partial charge is 0.226 e. The number of nitrogens with one attached hydrogen (secondary N) is 2. The molecule has 116 valence electrons. The van der Waals surface area contributed by atoms with Gasteiger partial charge in [-0.15, -0.1) is 11.3 Å². The van der Waals surface area contributed by atoms with E-state index in [0.29, 0.717) is 5.95 Å². The fraction of sp³-hybridized carbons (Fsp3) is 0.600. The van der Waals surface area contributed by atoms with Gasteiger partial charge in [-0.2, -0.15) is 4.98 Å². The van der Waals surface area contributed by atoms with Gasteiger partial charge in [0.2, 0.25) is 5.95 Å². The lowest BCUT2D eigenvalue weighted by molar-refractivity contribution is 0.396. The molecule has 0 radical (unpaired) electrons. The third kappa shape index (κ3) is 4.54. The van der Waals surface area contributed by atoms with Gasteiger partial charge in [0.25, 0.3) is 0 Å². The third-order valence-electron chi connectivity index (χ3n) is 3.18. The largest absolute Gasteiger partial charge is 0.369 e. The van der Waals surface area contributed by atoms with Gasteiger partial charge in [0, 0.05) is 18.0 Å². The summed E-state index contributed by atoms with van der Waals surface area (Å²) in [4.78, 5) is 13.7. The molecule has 2 aromatic heterocycles. The number of unbranched alkanes of at least 4 members (excludes halogenated alkanes) is 1. The summed E-state index contributed by atoms with van der Waals surface area (Å²) in [6.07, 6.45) is 2.33. The Labute approximate surface area is 130 Å². The van der Waals surface area contributed by atoms with Crippen LogP contribution < -0.4 is 10.6 Å². The minimum absolute atomic E-state index is 0.711. The van der Waals surface area contributed by atoms with E-state index in [9.17, 15) is 0 Å². The van der Waals surface area contributed by atoms with E-state index in [2.05, 4.69) is 59.5 Å². The zero-order chi connectivity index (χ0) is 15.2. The molecule has 0 fully saturated rings. The standard InChI is InChI=1S/C15H25N5S/c1-5-16-15-18-13(17-8-6-7-9-20(3)4)12-10-11(2)21-14(12)19-15/h10H,5-9H2,1-4H3,(H2,16,17,18,19). The molecule has 5 nitrogen and oxygen atoms in total. The van der Waals surface area contributed by atoms with Gasteiger partial charge in [-0.3, -0.25) is 0 Å². The molecule has 0 bridgehead atoms. The summed E-state index contributed by atoms with van der Waals surface area (Å²) in [5, 5.41) is 7.81. The Morgan fingerprint density at radius 3 is 2.71 bits per heavy atom. The maximum Gasteiger partial charge on any atom is 0.226 e. The second-order valence-electron chi connectivity index (χ2n) is 5.44. The Balaban J connectivity index is 2.06. The molecular formula is C15H25N5S. The molecule has 0 saturated carbocycles. The van der Waals surface area contributed by atoms with Gasteiger partial charge in [-0.1, -0.05) is 0 Å². The first-order chi connectivity index (χ1) is 10.1. The molecule has 0 aromatic carbocycles. The molecule has 0 aliphatic rings. The molecule has 2 heterocycles. The highest BCUT2D eigenvalue weighted by Crippen LogP contribution is 2.29. The van der Waals surface area contributed by atoms with Crippen LogP contribution in [0.2, 0.25) is 0 Å². The lowest BCUT2D eigenvalue weighted by atomic mass is 10.3. The van der Waals surface area contributed by atoms with Crippen LogP contribution in [0.3, 0.4) is 0 Å². The van der Waals surface area contributed by atoms with Crippen molar-refractivity contribution in [2.45, 2.75) is 26.7 Å². The third-order valence-corrected chi connectivity index (χ3v) is 4.12. The number of aryl methyl sites for hydroxylation is 1. The van der Waals surface area contributed by atoms with Gasteiger partial charge in [0.1, 0.15) is 10.6 Å². The second-order valence-corrected chi connectivity index (χ2v) is 6.67. The number of thiophene rings is 1. The highest BCUT2D eigenvalue weighted by Gasteiger charge is 2.09. The number of anilines is 2. The summed E-state index contributed by atoms with van der Waals surface area (Å²) in [6, 6.07) is 2.16. The van der Waals surface area contributed by atoms with Crippen molar-refractivity contribution in [2.24, 2.45) is 0 Å². The highest BCUT2D eigenvalue weighted by atomic mass is 32.1. The van der Waals surface area contributed by atoms with Crippen molar-refractivity contribution >= 4 is 33.3 Å². The minimum atomic E-state index is 0.711. The topological polar surface area (TPSA) is 53.1 Å². The predicted octanol–water partition coefficient (Wildman–Crippen LogP) is 3.19. The predicted molar refractivity (Wildman–Crippen MR) is 92.6 cm³/mol. The van der Waals surface area contributed by atoms with Crippen molar-refractivity contribution in [1.29, 1.82) is 0 Å². The average molecular weight is 307 g/mol. The number of aromatic nitrogens is 2. The van der Waals surface area contributed by atoms with Gasteiger partial charge in [0.15, 0.2) is 0 Å². The van der Waals surface area contributed by atoms with E-state index in [1.54, 1.807) is 11.3 Å². The summed E-state index contributed by atoms with van der Waals surface area (Å²) in [5.41, 5.74) is 0. The van der Waals surface area contributed by atoms with E-state index in [1.807, 2.05) is 0 Å². The fourth-order valence-corrected chi connectivity index (χ4v) is 3.05. The summed E-state index contributed by atoms with van der Waals surface area (Å²) >= 11 is 1.72. The Morgan fingerprint density at radius 2 is 2.00 bits per heavy atom. The van der Waals surface area contributed by atoms with E-state index in [1.165, 1.54) is 11.3 Å². The van der Waals surface area contributed by atoms with E-state index in [-0.39, 0.29) is 0 Å². The van der Waals surface area contributed by atoms with Gasteiger partial charge >= 0.3 is 0 Å². The maximum absolute atomic E-state index is 4.60. The molecule has 0 atom stereocenters. The van der Waals surface area contributed by atoms with Crippen LogP contribution in [-0.2, 0) is 0 Å². The van der Waals surface area contributed by atoms with Gasteiger partial charge in [-0.25, -0.2) is 4.98 Å². The molecule has 0 spiro atoms. The normalized spacial score (nSPS) is 11.3. The fourth-order valence-electron chi connectivity index (χ4n) is 2.17. The molecule has 21 heavy (non-hydrogen) atoms. The average Bonchev–Trinajstić information content (AvgIpc) is 2.78. The number of hydrogen-bond acceptors (Lipinski definition) is 6. The Hall–Kier alpha value is -1.40. The SMILES string of the molecule is CCNc1nc(NCCCCN(C)C)c2cc(C)sc2n1. The molecule has 2 rings (SSSR count). The number of nitrogens with zero attached hydrogens (tertiary/aromatic N) is 3. The van der Waals surface area contributed by atoms with E-state index >= 15 is 0 Å². The van der Waals surface area contributed by atoms with E-state index < -0.39 is 0 Å². The van der Waals surface area contributed by atoms with Gasteiger partial charge in [0.05, 0.1) is 5.39 Å². The summed E-state index contributed by atoms with van der Waals surface area (Å²) < 4.78 is 0. The van der Waals surface area contributed by atoms with Crippen LogP contribution in [0.5, 0.6) is 0 Å². The van der Waals surface area contributed by atoms with Crippen molar-refractivity contribution in [3.8, 4) is 0 Å². The van der Waals surface area contributed by atoms with Crippen LogP contribution in [-0.4, -0.2) is 48.6 Å². The molecule has 2 N–H and O–H groups in total. The summed E-state index contributed by atoms with van der Waals surface area (Å²) in [7, 11) is 4.22. The van der Waals surface area contributed by atoms with Crippen molar-refractivity contribution in [2.75, 3.05) is 44.4 Å². The molecule has 0 unspecified atom stereocenters. The molecule has 0 aliphatic carbocycles. The summed E-state index contributed by atoms with van der Waals surface area (Å²) in [5.74, 6) is 1.66. The quantitative estimate of drug-likeness (QED) is 0.734. The van der Waals surface area contributed by atoms with E-state index in [4.69, 9.17) is 0 Å². The van der Waals surface area contributed by atoms with Crippen molar-refractivity contribution in [1.82, 2.24) is 14.9 Å². The Kier molecular flexibility index (Phi) is 5.76. The lowest BCUT2D eigenvalue weighted by Crippen LogP contribution is -2.14.